The summed E-state index contributed by atoms with van der Waals surface area (Å²) in [5, 5.41) is 20.4. The molecule has 1 atom stereocenters. The smallest absolute Gasteiger partial charge is 0.148 e. The second-order valence-corrected chi connectivity index (χ2v) is 9.81. The number of halogens is 3. The summed E-state index contributed by atoms with van der Waals surface area (Å²) in [5.41, 5.74) is 2.33. The first kappa shape index (κ1) is 17.4. The minimum absolute atomic E-state index is 0.243. The summed E-state index contributed by atoms with van der Waals surface area (Å²) >= 11 is 6.52. The predicted octanol–water partition coefficient (Wildman–Crippen LogP) is 6.34. The molecule has 1 saturated carbocycles. The Morgan fingerprint density at radius 2 is 1.58 bits per heavy atom. The van der Waals surface area contributed by atoms with Crippen LogP contribution in [0.1, 0.15) is 42.7 Å². The van der Waals surface area contributed by atoms with E-state index in [1.165, 1.54) is 31.2 Å². The van der Waals surface area contributed by atoms with Gasteiger partial charge in [0.05, 0.1) is 10.7 Å². The number of phenols is 2. The highest BCUT2D eigenvalue weighted by atomic mass is 127. The van der Waals surface area contributed by atoms with Crippen LogP contribution in [0.3, 0.4) is 0 Å². The van der Waals surface area contributed by atoms with E-state index in [0.29, 0.717) is 5.92 Å². The number of rotatable bonds is 1. The number of hydrogen-bond donors (Lipinski definition) is 2. The fourth-order valence-electron chi connectivity index (χ4n) is 3.91. The van der Waals surface area contributed by atoms with E-state index in [4.69, 9.17) is 4.74 Å². The van der Waals surface area contributed by atoms with Crippen LogP contribution in [-0.2, 0) is 0 Å². The van der Waals surface area contributed by atoms with Gasteiger partial charge >= 0.3 is 0 Å². The van der Waals surface area contributed by atoms with Crippen LogP contribution in [0, 0.1) is 16.6 Å². The van der Waals surface area contributed by atoms with E-state index in [9.17, 15) is 10.2 Å². The molecule has 0 amide bonds. The minimum Gasteiger partial charge on any atom is -0.507 e. The molecule has 2 aliphatic rings. The zero-order valence-corrected chi connectivity index (χ0v) is 19.1. The first-order valence-corrected chi connectivity index (χ1v) is 11.1. The lowest BCUT2D eigenvalue weighted by Gasteiger charge is -2.33. The van der Waals surface area contributed by atoms with E-state index in [2.05, 4.69) is 79.9 Å². The van der Waals surface area contributed by atoms with Crippen LogP contribution in [-0.4, -0.2) is 10.2 Å². The lowest BCUT2D eigenvalue weighted by molar-refractivity contribution is 0.385. The molecular weight excluding hydrogens is 645 g/mol. The third kappa shape index (κ3) is 2.80. The molecule has 2 aromatic carbocycles. The highest BCUT2D eigenvalue weighted by Crippen LogP contribution is 2.55. The van der Waals surface area contributed by atoms with Gasteiger partial charge in [0.2, 0.25) is 0 Å². The van der Waals surface area contributed by atoms with Crippen molar-refractivity contribution in [1.82, 2.24) is 0 Å². The highest BCUT2D eigenvalue weighted by Gasteiger charge is 2.37. The van der Waals surface area contributed by atoms with E-state index in [1.807, 2.05) is 0 Å². The number of fused-ring (bicyclic) bond motifs is 2. The van der Waals surface area contributed by atoms with Crippen molar-refractivity contribution in [3.05, 3.63) is 40.0 Å². The summed E-state index contributed by atoms with van der Waals surface area (Å²) in [6.45, 7) is 0. The van der Waals surface area contributed by atoms with Crippen LogP contribution in [0.15, 0.2) is 18.2 Å². The zero-order valence-electron chi connectivity index (χ0n) is 12.7. The lowest BCUT2D eigenvalue weighted by Crippen LogP contribution is -2.18. The Morgan fingerprint density at radius 3 is 2.29 bits per heavy atom. The predicted molar refractivity (Wildman–Crippen MR) is 118 cm³/mol. The normalized spacial score (nSPS) is 19.7. The summed E-state index contributed by atoms with van der Waals surface area (Å²) in [6.07, 6.45) is 4.98. The number of hydrogen-bond acceptors (Lipinski definition) is 3. The molecular formula is C18H15I3O3. The molecule has 2 aromatic rings. The molecule has 1 aliphatic heterocycles. The van der Waals surface area contributed by atoms with Gasteiger partial charge in [0.15, 0.2) is 0 Å². The Balaban J connectivity index is 1.96. The second-order valence-electron chi connectivity index (χ2n) is 6.41. The third-order valence-electron chi connectivity index (χ3n) is 5.01. The van der Waals surface area contributed by atoms with Gasteiger partial charge in [0.25, 0.3) is 0 Å². The Hall–Kier alpha value is 0.0300. The maximum absolute atomic E-state index is 10.3. The SMILES string of the molecule is Oc1cc2c(cc1I)C(C1CCCC1)c1cc(I)c(O)c(I)c1O2. The van der Waals surface area contributed by atoms with Crippen LogP contribution in [0.25, 0.3) is 0 Å². The average molecular weight is 660 g/mol. The van der Waals surface area contributed by atoms with Crippen LogP contribution in [0.2, 0.25) is 0 Å². The molecule has 24 heavy (non-hydrogen) atoms. The molecule has 0 spiro atoms. The van der Waals surface area contributed by atoms with E-state index in [0.717, 1.165) is 27.8 Å². The van der Waals surface area contributed by atoms with Gasteiger partial charge in [-0.2, -0.15) is 0 Å². The fraction of sp³-hybridized carbons (Fsp3) is 0.333. The standard InChI is InChI=1S/C18H15I3O3/c19-11-5-9-14(7-13(11)22)24-18-10(6-12(20)17(23)16(18)21)15(9)8-3-1-2-4-8/h5-8,15,22-23H,1-4H2. The molecule has 0 radical (unpaired) electrons. The number of aromatic hydroxyl groups is 2. The van der Waals surface area contributed by atoms with Gasteiger partial charge in [-0.3, -0.25) is 0 Å². The van der Waals surface area contributed by atoms with E-state index < -0.39 is 0 Å². The molecule has 126 valence electrons. The van der Waals surface area contributed by atoms with Crippen molar-refractivity contribution < 1.29 is 14.9 Å². The molecule has 1 aliphatic carbocycles. The molecule has 1 unspecified atom stereocenters. The van der Waals surface area contributed by atoms with Gasteiger partial charge in [-0.25, -0.2) is 0 Å². The number of ether oxygens (including phenoxy) is 1. The maximum Gasteiger partial charge on any atom is 0.148 e. The topological polar surface area (TPSA) is 49.7 Å². The van der Waals surface area contributed by atoms with Gasteiger partial charge in [-0.15, -0.1) is 0 Å². The Kier molecular flexibility index (Phi) is 4.83. The summed E-state index contributed by atoms with van der Waals surface area (Å²) in [5.74, 6) is 2.84. The molecule has 2 N–H and O–H groups in total. The molecule has 1 heterocycles. The van der Waals surface area contributed by atoms with Crippen molar-refractivity contribution in [2.24, 2.45) is 5.92 Å². The molecule has 3 nitrogen and oxygen atoms in total. The van der Waals surface area contributed by atoms with Crippen molar-refractivity contribution in [2.45, 2.75) is 31.6 Å². The molecule has 0 saturated heterocycles. The summed E-state index contributed by atoms with van der Waals surface area (Å²) in [6, 6.07) is 5.84. The fourth-order valence-corrected chi connectivity index (χ4v) is 6.23. The van der Waals surface area contributed by atoms with Crippen LogP contribution < -0.4 is 4.74 Å². The molecule has 0 aromatic heterocycles. The average Bonchev–Trinajstić information content (AvgIpc) is 3.07. The number of phenolic OH excluding ortho intramolecular Hbond substituents is 2. The van der Waals surface area contributed by atoms with Gasteiger partial charge in [0, 0.05) is 23.1 Å². The third-order valence-corrected chi connectivity index (χ3v) is 7.70. The summed E-state index contributed by atoms with van der Waals surface area (Å²) in [7, 11) is 0. The minimum atomic E-state index is 0.243. The van der Waals surface area contributed by atoms with Crippen molar-refractivity contribution in [1.29, 1.82) is 0 Å². The van der Waals surface area contributed by atoms with Crippen molar-refractivity contribution >= 4 is 67.8 Å². The van der Waals surface area contributed by atoms with Gasteiger partial charge in [-0.05, 0) is 98.7 Å². The second kappa shape index (κ2) is 6.64. The zero-order chi connectivity index (χ0) is 17.0. The van der Waals surface area contributed by atoms with Crippen LogP contribution in [0.4, 0.5) is 0 Å². The van der Waals surface area contributed by atoms with Gasteiger partial charge in [-0.1, -0.05) is 12.8 Å². The van der Waals surface area contributed by atoms with E-state index in [-0.39, 0.29) is 17.4 Å². The first-order valence-electron chi connectivity index (χ1n) is 7.88. The monoisotopic (exact) mass is 660 g/mol. The molecule has 1 fully saturated rings. The highest BCUT2D eigenvalue weighted by molar-refractivity contribution is 14.1. The van der Waals surface area contributed by atoms with E-state index >= 15 is 0 Å². The summed E-state index contributed by atoms with van der Waals surface area (Å²) < 4.78 is 8.60. The number of benzene rings is 2. The summed E-state index contributed by atoms with van der Waals surface area (Å²) in [4.78, 5) is 0. The van der Waals surface area contributed by atoms with Gasteiger partial charge in [0.1, 0.15) is 23.0 Å². The van der Waals surface area contributed by atoms with Crippen molar-refractivity contribution in [3.63, 3.8) is 0 Å². The molecule has 0 bridgehead atoms. The van der Waals surface area contributed by atoms with Gasteiger partial charge < -0.3 is 14.9 Å². The van der Waals surface area contributed by atoms with Crippen molar-refractivity contribution in [3.8, 4) is 23.0 Å². The van der Waals surface area contributed by atoms with E-state index in [1.54, 1.807) is 6.07 Å². The molecule has 4 rings (SSSR count). The lowest BCUT2D eigenvalue weighted by atomic mass is 9.78. The molecule has 6 heteroatoms. The Labute approximate surface area is 181 Å². The largest absolute Gasteiger partial charge is 0.507 e. The quantitative estimate of drug-likeness (QED) is 0.352. The Bertz CT molecular complexity index is 829. The van der Waals surface area contributed by atoms with Crippen LogP contribution >= 0.6 is 67.8 Å². The maximum atomic E-state index is 10.3. The van der Waals surface area contributed by atoms with Crippen LogP contribution in [0.5, 0.6) is 23.0 Å². The first-order chi connectivity index (χ1) is 11.5. The van der Waals surface area contributed by atoms with Crippen molar-refractivity contribution in [2.75, 3.05) is 0 Å². The Morgan fingerprint density at radius 1 is 0.917 bits per heavy atom.